The van der Waals surface area contributed by atoms with E-state index < -0.39 is 8.32 Å². The lowest BCUT2D eigenvalue weighted by Gasteiger charge is -2.27. The summed E-state index contributed by atoms with van der Waals surface area (Å²) >= 11 is 0. The molecule has 0 N–H and O–H groups in total. The molecule has 0 aromatic carbocycles. The van der Waals surface area contributed by atoms with Gasteiger partial charge in [0.05, 0.1) is 6.61 Å². The Morgan fingerprint density at radius 1 is 1.05 bits per heavy atom. The fourth-order valence-electron chi connectivity index (χ4n) is 1.92. The molecule has 0 aromatic rings. The number of unbranched alkanes of at least 4 members (excludes halogenated alkanes) is 1. The summed E-state index contributed by atoms with van der Waals surface area (Å²) in [5.74, 6) is -0.476. The molecule has 0 radical (unpaired) electrons. The van der Waals surface area contributed by atoms with Crippen LogP contribution in [0.25, 0.3) is 0 Å². The molecule has 0 unspecified atom stereocenters. The van der Waals surface area contributed by atoms with Crippen LogP contribution in [0.3, 0.4) is 0 Å². The van der Waals surface area contributed by atoms with E-state index in [0.29, 0.717) is 31.4 Å². The molecule has 0 aliphatic carbocycles. The largest absolute Gasteiger partial charge is 0.519 e. The molecule has 0 atom stereocenters. The van der Waals surface area contributed by atoms with Gasteiger partial charge in [-0.2, -0.15) is 0 Å². The van der Waals surface area contributed by atoms with E-state index in [9.17, 15) is 9.59 Å². The summed E-state index contributed by atoms with van der Waals surface area (Å²) in [4.78, 5) is 23.0. The van der Waals surface area contributed by atoms with Crippen LogP contribution in [-0.4, -0.2) is 26.9 Å². The van der Waals surface area contributed by atoms with Crippen molar-refractivity contribution < 1.29 is 18.8 Å². The third kappa shape index (κ3) is 6.89. The molecule has 0 aromatic heterocycles. The van der Waals surface area contributed by atoms with Crippen LogP contribution in [0, 0.1) is 0 Å². The lowest BCUT2D eigenvalue weighted by molar-refractivity contribution is -0.139. The maximum atomic E-state index is 11.8. The molecular formula is C15H28O4Si. The van der Waals surface area contributed by atoms with Crippen LogP contribution in [0.2, 0.25) is 18.1 Å². The topological polar surface area (TPSA) is 52.6 Å². The molecule has 0 spiro atoms. The summed E-state index contributed by atoms with van der Waals surface area (Å²) in [6.07, 6.45) is 1.76. The number of hydrogen-bond acceptors (Lipinski definition) is 4. The molecule has 0 amide bonds. The first-order valence-electron chi connectivity index (χ1n) is 7.45. The second kappa shape index (κ2) is 9.75. The fourth-order valence-corrected chi connectivity index (χ4v) is 4.44. The zero-order chi connectivity index (χ0) is 15.6. The molecule has 4 nitrogen and oxygen atoms in total. The van der Waals surface area contributed by atoms with E-state index in [1.807, 2.05) is 0 Å². The van der Waals surface area contributed by atoms with Crippen molar-refractivity contribution >= 4 is 20.3 Å². The van der Waals surface area contributed by atoms with Crippen LogP contribution in [0.15, 0.2) is 12.2 Å². The normalized spacial score (nSPS) is 11.0. The van der Waals surface area contributed by atoms with Gasteiger partial charge in [-0.3, -0.25) is 4.79 Å². The number of carbonyl (C=O) groups is 2. The predicted octanol–water partition coefficient (Wildman–Crippen LogP) is 3.82. The summed E-state index contributed by atoms with van der Waals surface area (Å²) in [5.41, 5.74) is 0.397. The minimum Gasteiger partial charge on any atom is -0.519 e. The van der Waals surface area contributed by atoms with Gasteiger partial charge in [-0.25, -0.2) is 4.79 Å². The highest BCUT2D eigenvalue weighted by molar-refractivity contribution is 6.74. The third-order valence-electron chi connectivity index (χ3n) is 3.62. The Morgan fingerprint density at radius 3 is 2.05 bits per heavy atom. The number of hydrogen-bond donors (Lipinski definition) is 0. The van der Waals surface area contributed by atoms with Crippen LogP contribution in [0.5, 0.6) is 0 Å². The second-order valence-electron chi connectivity index (χ2n) is 5.09. The smallest absolute Gasteiger partial charge is 0.333 e. The van der Waals surface area contributed by atoms with Crippen molar-refractivity contribution in [3.8, 4) is 0 Å². The van der Waals surface area contributed by atoms with Crippen LogP contribution < -0.4 is 0 Å². The highest BCUT2D eigenvalue weighted by Gasteiger charge is 2.32. The van der Waals surface area contributed by atoms with Gasteiger partial charge in [-0.1, -0.05) is 27.4 Å². The number of esters is 1. The van der Waals surface area contributed by atoms with Crippen molar-refractivity contribution in [2.45, 2.75) is 65.1 Å². The first kappa shape index (κ1) is 18.9. The standard InChI is InChI=1S/C15H28O4Si/c1-6-20(7-2,8-3)19-14(16)11-9-10-12-18-15(17)13(4)5/h4,6-12H2,1-3,5H3. The fraction of sp³-hybridized carbons (Fsp3) is 0.733. The summed E-state index contributed by atoms with van der Waals surface area (Å²) in [6, 6.07) is 2.92. The third-order valence-corrected chi connectivity index (χ3v) is 8.15. The Morgan fingerprint density at radius 2 is 1.60 bits per heavy atom. The van der Waals surface area contributed by atoms with Crippen LogP contribution >= 0.6 is 0 Å². The van der Waals surface area contributed by atoms with E-state index in [1.165, 1.54) is 0 Å². The van der Waals surface area contributed by atoms with E-state index >= 15 is 0 Å². The van der Waals surface area contributed by atoms with Crippen molar-refractivity contribution in [3.05, 3.63) is 12.2 Å². The molecule has 20 heavy (non-hydrogen) atoms. The average molecular weight is 300 g/mol. The summed E-state index contributed by atoms with van der Waals surface area (Å²) in [7, 11) is -1.83. The monoisotopic (exact) mass is 300 g/mol. The van der Waals surface area contributed by atoms with Crippen molar-refractivity contribution in [1.82, 2.24) is 0 Å². The molecule has 0 rings (SSSR count). The molecule has 0 heterocycles. The molecular weight excluding hydrogens is 272 g/mol. The summed E-state index contributed by atoms with van der Waals surface area (Å²) in [5, 5.41) is 0. The Hall–Kier alpha value is -1.10. The first-order valence-corrected chi connectivity index (χ1v) is 9.98. The van der Waals surface area contributed by atoms with E-state index in [2.05, 4.69) is 27.4 Å². The Balaban J connectivity index is 3.89. The quantitative estimate of drug-likeness (QED) is 0.266. The summed E-state index contributed by atoms with van der Waals surface area (Å²) < 4.78 is 10.7. The van der Waals surface area contributed by atoms with Crippen molar-refractivity contribution in [2.24, 2.45) is 0 Å². The zero-order valence-electron chi connectivity index (χ0n) is 13.3. The van der Waals surface area contributed by atoms with E-state index in [-0.39, 0.29) is 11.9 Å². The molecule has 0 fully saturated rings. The Bertz CT molecular complexity index is 327. The van der Waals surface area contributed by atoms with Gasteiger partial charge in [-0.05, 0) is 37.9 Å². The van der Waals surface area contributed by atoms with E-state index in [1.54, 1.807) is 6.92 Å². The number of rotatable bonds is 10. The molecule has 0 aliphatic heterocycles. The molecule has 0 saturated heterocycles. The highest BCUT2D eigenvalue weighted by Crippen LogP contribution is 2.22. The zero-order valence-corrected chi connectivity index (χ0v) is 14.3. The predicted molar refractivity (Wildman–Crippen MR) is 82.9 cm³/mol. The highest BCUT2D eigenvalue weighted by atomic mass is 28.4. The Kier molecular flexibility index (Phi) is 9.21. The SMILES string of the molecule is C=C(C)C(=O)OCCCCC(=O)O[Si](CC)(CC)CC. The van der Waals surface area contributed by atoms with Gasteiger partial charge in [0.25, 0.3) is 14.3 Å². The van der Waals surface area contributed by atoms with Crippen molar-refractivity contribution in [2.75, 3.05) is 6.61 Å². The molecule has 5 heteroatoms. The van der Waals surface area contributed by atoms with Gasteiger partial charge in [0.2, 0.25) is 0 Å². The van der Waals surface area contributed by atoms with Gasteiger partial charge in [0.1, 0.15) is 0 Å². The minimum absolute atomic E-state index is 0.103. The van der Waals surface area contributed by atoms with E-state index in [0.717, 1.165) is 18.1 Å². The van der Waals surface area contributed by atoms with Crippen LogP contribution in [-0.2, 0) is 18.8 Å². The van der Waals surface area contributed by atoms with Crippen LogP contribution in [0.1, 0.15) is 47.0 Å². The number of ether oxygens (including phenoxy) is 1. The maximum Gasteiger partial charge on any atom is 0.333 e. The van der Waals surface area contributed by atoms with Crippen LogP contribution in [0.4, 0.5) is 0 Å². The minimum atomic E-state index is -1.83. The van der Waals surface area contributed by atoms with Crippen molar-refractivity contribution in [3.63, 3.8) is 0 Å². The average Bonchev–Trinajstić information content (AvgIpc) is 2.44. The second-order valence-corrected chi connectivity index (χ2v) is 9.78. The van der Waals surface area contributed by atoms with Gasteiger partial charge in [0.15, 0.2) is 0 Å². The summed E-state index contributed by atoms with van der Waals surface area (Å²) in [6.45, 7) is 11.8. The van der Waals surface area contributed by atoms with Gasteiger partial charge in [0, 0.05) is 12.0 Å². The van der Waals surface area contributed by atoms with Crippen molar-refractivity contribution in [1.29, 1.82) is 0 Å². The lowest BCUT2D eigenvalue weighted by Crippen LogP contribution is -2.38. The molecule has 0 aliphatic rings. The number of carbonyl (C=O) groups excluding carboxylic acids is 2. The van der Waals surface area contributed by atoms with Gasteiger partial charge >= 0.3 is 5.97 Å². The van der Waals surface area contributed by atoms with E-state index in [4.69, 9.17) is 9.16 Å². The molecule has 0 saturated carbocycles. The lowest BCUT2D eigenvalue weighted by atomic mass is 10.2. The Labute approximate surface area is 123 Å². The molecule has 0 bridgehead atoms. The first-order chi connectivity index (χ1) is 9.40. The van der Waals surface area contributed by atoms with Gasteiger partial charge < -0.3 is 9.16 Å². The molecule has 116 valence electrons. The van der Waals surface area contributed by atoms with Gasteiger partial charge in [-0.15, -0.1) is 0 Å². The maximum absolute atomic E-state index is 11.8.